The molecule has 0 heterocycles. The number of hydrogen-bond acceptors (Lipinski definition) is 1. The molecular formula is C9H10F2N2. The van der Waals surface area contributed by atoms with Gasteiger partial charge in [0.15, 0.2) is 0 Å². The van der Waals surface area contributed by atoms with Gasteiger partial charge in [-0.25, -0.2) is 8.78 Å². The molecule has 0 aliphatic carbocycles. The van der Waals surface area contributed by atoms with Crippen molar-refractivity contribution in [2.75, 3.05) is 0 Å². The first-order chi connectivity index (χ1) is 6.00. The highest BCUT2D eigenvalue weighted by atomic mass is 19.1. The standard InChI is InChI=1S/C9H10F2N2/c1-5-2-7(10)6(4-9(12)13)8(11)3-5/h2-3H,4H2,1H3,(H3,12,13). The highest BCUT2D eigenvalue weighted by molar-refractivity contribution is 5.79. The summed E-state index contributed by atoms with van der Waals surface area (Å²) in [6.07, 6.45) is -0.183. The maximum Gasteiger partial charge on any atom is 0.130 e. The zero-order valence-corrected chi connectivity index (χ0v) is 7.20. The Kier molecular flexibility index (Phi) is 2.60. The van der Waals surface area contributed by atoms with Crippen LogP contribution in [0.2, 0.25) is 0 Å². The molecule has 0 saturated carbocycles. The van der Waals surface area contributed by atoms with Gasteiger partial charge in [-0.3, -0.25) is 5.41 Å². The van der Waals surface area contributed by atoms with Gasteiger partial charge in [0.2, 0.25) is 0 Å². The monoisotopic (exact) mass is 184 g/mol. The summed E-state index contributed by atoms with van der Waals surface area (Å²) >= 11 is 0. The molecule has 13 heavy (non-hydrogen) atoms. The third-order valence-corrected chi connectivity index (χ3v) is 1.65. The second kappa shape index (κ2) is 3.51. The van der Waals surface area contributed by atoms with Gasteiger partial charge < -0.3 is 5.73 Å². The fourth-order valence-corrected chi connectivity index (χ4v) is 1.09. The summed E-state index contributed by atoms with van der Waals surface area (Å²) in [5.74, 6) is -1.54. The Morgan fingerprint density at radius 3 is 2.23 bits per heavy atom. The van der Waals surface area contributed by atoms with E-state index in [9.17, 15) is 8.78 Å². The van der Waals surface area contributed by atoms with Crippen LogP contribution in [0.3, 0.4) is 0 Å². The SMILES string of the molecule is Cc1cc(F)c(CC(=N)N)c(F)c1. The minimum Gasteiger partial charge on any atom is -0.387 e. The van der Waals surface area contributed by atoms with Gasteiger partial charge in [0.25, 0.3) is 0 Å². The summed E-state index contributed by atoms with van der Waals surface area (Å²) in [4.78, 5) is 0. The molecule has 70 valence electrons. The van der Waals surface area contributed by atoms with Gasteiger partial charge in [0.1, 0.15) is 11.6 Å². The van der Waals surface area contributed by atoms with Gasteiger partial charge in [-0.2, -0.15) is 0 Å². The van der Waals surface area contributed by atoms with E-state index in [1.165, 1.54) is 12.1 Å². The van der Waals surface area contributed by atoms with E-state index in [1.807, 2.05) is 0 Å². The zero-order chi connectivity index (χ0) is 10.0. The smallest absolute Gasteiger partial charge is 0.130 e. The van der Waals surface area contributed by atoms with Gasteiger partial charge in [0, 0.05) is 12.0 Å². The van der Waals surface area contributed by atoms with E-state index in [2.05, 4.69) is 0 Å². The average Bonchev–Trinajstić information content (AvgIpc) is 1.96. The first-order valence-corrected chi connectivity index (χ1v) is 3.78. The van der Waals surface area contributed by atoms with Gasteiger partial charge in [0.05, 0.1) is 5.84 Å². The lowest BCUT2D eigenvalue weighted by Gasteiger charge is -2.04. The number of amidine groups is 1. The number of aryl methyl sites for hydroxylation is 1. The molecule has 1 aromatic rings. The molecule has 1 aromatic carbocycles. The van der Waals surface area contributed by atoms with Gasteiger partial charge in [-0.05, 0) is 24.6 Å². The number of halogens is 2. The summed E-state index contributed by atoms with van der Waals surface area (Å²) < 4.78 is 26.2. The highest BCUT2D eigenvalue weighted by Crippen LogP contribution is 2.15. The number of hydrogen-bond donors (Lipinski definition) is 2. The molecule has 0 atom stereocenters. The number of nitrogens with two attached hydrogens (primary N) is 1. The van der Waals surface area contributed by atoms with E-state index in [4.69, 9.17) is 11.1 Å². The van der Waals surface area contributed by atoms with Crippen LogP contribution in [-0.2, 0) is 6.42 Å². The van der Waals surface area contributed by atoms with E-state index in [-0.39, 0.29) is 17.8 Å². The lowest BCUT2D eigenvalue weighted by Crippen LogP contribution is -2.15. The van der Waals surface area contributed by atoms with Crippen LogP contribution < -0.4 is 5.73 Å². The van der Waals surface area contributed by atoms with Crippen molar-refractivity contribution in [3.63, 3.8) is 0 Å². The van der Waals surface area contributed by atoms with E-state index >= 15 is 0 Å². The van der Waals surface area contributed by atoms with Crippen molar-refractivity contribution >= 4 is 5.84 Å². The fourth-order valence-electron chi connectivity index (χ4n) is 1.09. The molecule has 0 fully saturated rings. The van der Waals surface area contributed by atoms with Crippen molar-refractivity contribution in [3.05, 3.63) is 34.9 Å². The van der Waals surface area contributed by atoms with Crippen LogP contribution in [0.4, 0.5) is 8.78 Å². The summed E-state index contributed by atoms with van der Waals surface area (Å²) in [5.41, 5.74) is 5.43. The van der Waals surface area contributed by atoms with E-state index in [1.54, 1.807) is 6.92 Å². The van der Waals surface area contributed by atoms with Crippen molar-refractivity contribution in [3.8, 4) is 0 Å². The summed E-state index contributed by atoms with van der Waals surface area (Å²) in [6, 6.07) is 2.45. The average molecular weight is 184 g/mol. The molecule has 0 spiro atoms. The first kappa shape index (κ1) is 9.64. The van der Waals surface area contributed by atoms with Crippen molar-refractivity contribution < 1.29 is 8.78 Å². The van der Waals surface area contributed by atoms with Crippen LogP contribution in [0.25, 0.3) is 0 Å². The van der Waals surface area contributed by atoms with Crippen LogP contribution in [0.15, 0.2) is 12.1 Å². The van der Waals surface area contributed by atoms with Crippen LogP contribution in [0, 0.1) is 24.0 Å². The van der Waals surface area contributed by atoms with Crippen LogP contribution in [-0.4, -0.2) is 5.84 Å². The molecular weight excluding hydrogens is 174 g/mol. The molecule has 0 amide bonds. The first-order valence-electron chi connectivity index (χ1n) is 3.78. The van der Waals surface area contributed by atoms with Crippen molar-refractivity contribution in [2.45, 2.75) is 13.3 Å². The third kappa shape index (κ3) is 2.24. The largest absolute Gasteiger partial charge is 0.387 e. The zero-order valence-electron chi connectivity index (χ0n) is 7.20. The second-order valence-corrected chi connectivity index (χ2v) is 2.91. The van der Waals surface area contributed by atoms with Crippen molar-refractivity contribution in [1.82, 2.24) is 0 Å². The summed E-state index contributed by atoms with van der Waals surface area (Å²) in [7, 11) is 0. The highest BCUT2D eigenvalue weighted by Gasteiger charge is 2.10. The molecule has 4 heteroatoms. The van der Waals surface area contributed by atoms with E-state index < -0.39 is 11.6 Å². The normalized spacial score (nSPS) is 10.1. The minimum absolute atomic E-state index is 0.141. The summed E-state index contributed by atoms with van der Waals surface area (Å²) in [6.45, 7) is 1.60. The minimum atomic E-state index is -0.646. The maximum atomic E-state index is 13.1. The molecule has 0 aliphatic rings. The van der Waals surface area contributed by atoms with E-state index in [0.717, 1.165) is 0 Å². The molecule has 2 nitrogen and oxygen atoms in total. The van der Waals surface area contributed by atoms with Crippen LogP contribution in [0.1, 0.15) is 11.1 Å². The number of nitrogens with one attached hydrogen (secondary N) is 1. The lowest BCUT2D eigenvalue weighted by atomic mass is 10.1. The number of benzene rings is 1. The Bertz CT molecular complexity index is 324. The predicted octanol–water partition coefficient (Wildman–Crippen LogP) is 1.75. The Morgan fingerprint density at radius 2 is 1.85 bits per heavy atom. The molecule has 1 rings (SSSR count). The van der Waals surface area contributed by atoms with E-state index in [0.29, 0.717) is 5.56 Å². The second-order valence-electron chi connectivity index (χ2n) is 2.91. The molecule has 0 saturated heterocycles. The molecule has 0 unspecified atom stereocenters. The van der Waals surface area contributed by atoms with Gasteiger partial charge in [-0.1, -0.05) is 0 Å². The van der Waals surface area contributed by atoms with Gasteiger partial charge >= 0.3 is 0 Å². The Hall–Kier alpha value is -1.45. The molecule has 0 radical (unpaired) electrons. The van der Waals surface area contributed by atoms with Crippen LogP contribution >= 0.6 is 0 Å². The maximum absolute atomic E-state index is 13.1. The van der Waals surface area contributed by atoms with Gasteiger partial charge in [-0.15, -0.1) is 0 Å². The van der Waals surface area contributed by atoms with Crippen molar-refractivity contribution in [2.24, 2.45) is 5.73 Å². The molecule has 3 N–H and O–H groups in total. The summed E-state index contributed by atoms with van der Waals surface area (Å²) in [5, 5.41) is 6.92. The number of rotatable bonds is 2. The van der Waals surface area contributed by atoms with Crippen molar-refractivity contribution in [1.29, 1.82) is 5.41 Å². The Labute approximate surface area is 74.9 Å². The predicted molar refractivity (Wildman–Crippen MR) is 46.7 cm³/mol. The fraction of sp³-hybridized carbons (Fsp3) is 0.222. The molecule has 0 aromatic heterocycles. The van der Waals surface area contributed by atoms with Crippen LogP contribution in [0.5, 0.6) is 0 Å². The Morgan fingerprint density at radius 1 is 1.38 bits per heavy atom. The molecule has 0 bridgehead atoms. The topological polar surface area (TPSA) is 49.9 Å². The molecule has 0 aliphatic heterocycles. The Balaban J connectivity index is 3.13. The third-order valence-electron chi connectivity index (χ3n) is 1.65. The lowest BCUT2D eigenvalue weighted by molar-refractivity contribution is 0.562. The quantitative estimate of drug-likeness (QED) is 0.534.